The molecule has 0 spiro atoms. The van der Waals surface area contributed by atoms with Crippen molar-refractivity contribution in [3.8, 4) is 5.75 Å². The van der Waals surface area contributed by atoms with Crippen LogP contribution in [0.1, 0.15) is 36.5 Å². The number of halogens is 1. The molecule has 0 radical (unpaired) electrons. The molecule has 1 aliphatic rings. The Labute approximate surface area is 94.8 Å². The second-order valence-electron chi connectivity index (χ2n) is 3.94. The summed E-state index contributed by atoms with van der Waals surface area (Å²) in [6, 6.07) is 3.72. The molecule has 1 aromatic carbocycles. The zero-order chi connectivity index (χ0) is 10.8. The maximum absolute atomic E-state index is 9.97. The SMILES string of the molecule is COc1cc(Cl)c2c(c1)[C@@H](O)CCCC2. The normalized spacial score (nSPS) is 20.6. The van der Waals surface area contributed by atoms with Gasteiger partial charge in [0, 0.05) is 5.02 Å². The minimum Gasteiger partial charge on any atom is -0.497 e. The largest absolute Gasteiger partial charge is 0.497 e. The fraction of sp³-hybridized carbons (Fsp3) is 0.500. The zero-order valence-corrected chi connectivity index (χ0v) is 9.55. The summed E-state index contributed by atoms with van der Waals surface area (Å²) in [5, 5.41) is 10.7. The Bertz CT molecular complexity index is 363. The van der Waals surface area contributed by atoms with Gasteiger partial charge in [-0.1, -0.05) is 18.0 Å². The van der Waals surface area contributed by atoms with E-state index in [0.29, 0.717) is 5.02 Å². The van der Waals surface area contributed by atoms with Crippen LogP contribution in [0.25, 0.3) is 0 Å². The highest BCUT2D eigenvalue weighted by atomic mass is 35.5. The molecule has 1 N–H and O–H groups in total. The molecule has 0 amide bonds. The quantitative estimate of drug-likeness (QED) is 0.746. The topological polar surface area (TPSA) is 29.5 Å². The van der Waals surface area contributed by atoms with Crippen molar-refractivity contribution in [2.75, 3.05) is 7.11 Å². The molecule has 15 heavy (non-hydrogen) atoms. The monoisotopic (exact) mass is 226 g/mol. The molecule has 1 aliphatic carbocycles. The summed E-state index contributed by atoms with van der Waals surface area (Å²) in [7, 11) is 1.61. The lowest BCUT2D eigenvalue weighted by molar-refractivity contribution is 0.166. The number of rotatable bonds is 1. The Morgan fingerprint density at radius 3 is 2.93 bits per heavy atom. The summed E-state index contributed by atoms with van der Waals surface area (Å²) >= 11 is 6.17. The van der Waals surface area contributed by atoms with E-state index in [-0.39, 0.29) is 0 Å². The molecular weight excluding hydrogens is 212 g/mol. The molecule has 2 nitrogen and oxygen atoms in total. The first-order valence-electron chi connectivity index (χ1n) is 5.26. The highest BCUT2D eigenvalue weighted by Gasteiger charge is 2.19. The first kappa shape index (κ1) is 10.8. The van der Waals surface area contributed by atoms with Gasteiger partial charge in [0.25, 0.3) is 0 Å². The van der Waals surface area contributed by atoms with Crippen molar-refractivity contribution >= 4 is 11.6 Å². The van der Waals surface area contributed by atoms with Crippen molar-refractivity contribution < 1.29 is 9.84 Å². The Balaban J connectivity index is 2.50. The fourth-order valence-electron chi connectivity index (χ4n) is 2.11. The van der Waals surface area contributed by atoms with E-state index in [0.717, 1.165) is 42.6 Å². The van der Waals surface area contributed by atoms with Gasteiger partial charge in [-0.2, -0.15) is 0 Å². The number of fused-ring (bicyclic) bond motifs is 1. The van der Waals surface area contributed by atoms with E-state index in [1.165, 1.54) is 0 Å². The third kappa shape index (κ3) is 2.11. The molecule has 0 heterocycles. The maximum atomic E-state index is 9.97. The predicted molar refractivity (Wildman–Crippen MR) is 60.5 cm³/mol. The van der Waals surface area contributed by atoms with Gasteiger partial charge in [-0.15, -0.1) is 0 Å². The van der Waals surface area contributed by atoms with Crippen molar-refractivity contribution in [1.82, 2.24) is 0 Å². The van der Waals surface area contributed by atoms with Crippen molar-refractivity contribution in [2.45, 2.75) is 31.8 Å². The molecule has 82 valence electrons. The Hall–Kier alpha value is -0.730. The molecular formula is C12H15ClO2. The predicted octanol–water partition coefficient (Wildman–Crippen LogP) is 3.11. The number of aliphatic hydroxyl groups is 1. The Morgan fingerprint density at radius 2 is 2.20 bits per heavy atom. The molecule has 0 bridgehead atoms. The lowest BCUT2D eigenvalue weighted by Crippen LogP contribution is -2.00. The Kier molecular flexibility index (Phi) is 3.17. The Morgan fingerprint density at radius 1 is 1.40 bits per heavy atom. The van der Waals surface area contributed by atoms with Crippen LogP contribution in [0.3, 0.4) is 0 Å². The number of methoxy groups -OCH3 is 1. The molecule has 1 atom stereocenters. The van der Waals surface area contributed by atoms with E-state index < -0.39 is 6.10 Å². The van der Waals surface area contributed by atoms with E-state index in [2.05, 4.69) is 0 Å². The summed E-state index contributed by atoms with van der Waals surface area (Å²) in [6.07, 6.45) is 3.52. The van der Waals surface area contributed by atoms with Crippen molar-refractivity contribution in [2.24, 2.45) is 0 Å². The summed E-state index contributed by atoms with van der Waals surface area (Å²) in [5.41, 5.74) is 2.03. The van der Waals surface area contributed by atoms with Crippen LogP contribution in [-0.2, 0) is 6.42 Å². The molecule has 0 aromatic heterocycles. The van der Waals surface area contributed by atoms with Crippen molar-refractivity contribution in [1.29, 1.82) is 0 Å². The van der Waals surface area contributed by atoms with E-state index in [9.17, 15) is 5.11 Å². The molecule has 2 rings (SSSR count). The van der Waals surface area contributed by atoms with Gasteiger partial charge in [0.2, 0.25) is 0 Å². The summed E-state index contributed by atoms with van der Waals surface area (Å²) in [5.74, 6) is 0.722. The van der Waals surface area contributed by atoms with Crippen LogP contribution in [0.4, 0.5) is 0 Å². The average molecular weight is 227 g/mol. The van der Waals surface area contributed by atoms with E-state index in [1.807, 2.05) is 12.1 Å². The minimum atomic E-state index is -0.393. The van der Waals surface area contributed by atoms with Gasteiger partial charge in [0.05, 0.1) is 13.2 Å². The number of aliphatic hydroxyl groups excluding tert-OH is 1. The number of ether oxygens (including phenoxy) is 1. The van der Waals surface area contributed by atoms with Crippen molar-refractivity contribution in [3.63, 3.8) is 0 Å². The molecule has 0 aliphatic heterocycles. The highest BCUT2D eigenvalue weighted by Crippen LogP contribution is 2.35. The lowest BCUT2D eigenvalue weighted by Gasteiger charge is -2.14. The minimum absolute atomic E-state index is 0.393. The van der Waals surface area contributed by atoms with Gasteiger partial charge in [0.15, 0.2) is 0 Å². The molecule has 3 heteroatoms. The van der Waals surface area contributed by atoms with Crippen molar-refractivity contribution in [3.05, 3.63) is 28.3 Å². The van der Waals surface area contributed by atoms with Crippen LogP contribution in [0.15, 0.2) is 12.1 Å². The van der Waals surface area contributed by atoms with Crippen LogP contribution in [-0.4, -0.2) is 12.2 Å². The fourth-order valence-corrected chi connectivity index (χ4v) is 2.42. The van der Waals surface area contributed by atoms with Gasteiger partial charge >= 0.3 is 0 Å². The second-order valence-corrected chi connectivity index (χ2v) is 4.35. The molecule has 1 aromatic rings. The van der Waals surface area contributed by atoms with Gasteiger partial charge in [-0.25, -0.2) is 0 Å². The van der Waals surface area contributed by atoms with Crippen LogP contribution in [0.5, 0.6) is 5.75 Å². The van der Waals surface area contributed by atoms with E-state index in [1.54, 1.807) is 7.11 Å². The van der Waals surface area contributed by atoms with Gasteiger partial charge in [0.1, 0.15) is 5.75 Å². The highest BCUT2D eigenvalue weighted by molar-refractivity contribution is 6.31. The first-order chi connectivity index (χ1) is 7.22. The summed E-state index contributed by atoms with van der Waals surface area (Å²) < 4.78 is 5.15. The third-order valence-corrected chi connectivity index (χ3v) is 3.29. The molecule has 0 unspecified atom stereocenters. The second kappa shape index (κ2) is 4.42. The third-order valence-electron chi connectivity index (χ3n) is 2.95. The molecule has 0 saturated heterocycles. The lowest BCUT2D eigenvalue weighted by atomic mass is 10.0. The molecule has 0 saturated carbocycles. The maximum Gasteiger partial charge on any atom is 0.120 e. The summed E-state index contributed by atoms with van der Waals surface area (Å²) in [4.78, 5) is 0. The van der Waals surface area contributed by atoms with Gasteiger partial charge in [-0.3, -0.25) is 0 Å². The van der Waals surface area contributed by atoms with Crippen LogP contribution >= 0.6 is 11.6 Å². The number of benzene rings is 1. The smallest absolute Gasteiger partial charge is 0.120 e. The zero-order valence-electron chi connectivity index (χ0n) is 8.79. The summed E-state index contributed by atoms with van der Waals surface area (Å²) in [6.45, 7) is 0. The number of hydrogen-bond donors (Lipinski definition) is 1. The van der Waals surface area contributed by atoms with Gasteiger partial charge < -0.3 is 9.84 Å². The van der Waals surface area contributed by atoms with Crippen LogP contribution in [0.2, 0.25) is 5.02 Å². The average Bonchev–Trinajstić information content (AvgIpc) is 2.41. The van der Waals surface area contributed by atoms with Gasteiger partial charge in [-0.05, 0) is 42.5 Å². The number of hydrogen-bond acceptors (Lipinski definition) is 2. The van der Waals surface area contributed by atoms with E-state index >= 15 is 0 Å². The standard InChI is InChI=1S/C12H15ClO2/c1-15-8-6-10-9(11(13)7-8)4-2-3-5-12(10)14/h6-7,12,14H,2-5H2,1H3/t12-/m0/s1. The first-order valence-corrected chi connectivity index (χ1v) is 5.64. The van der Waals surface area contributed by atoms with Crippen LogP contribution in [0, 0.1) is 0 Å². The molecule has 0 fully saturated rings. The van der Waals surface area contributed by atoms with Crippen LogP contribution < -0.4 is 4.74 Å². The van der Waals surface area contributed by atoms with E-state index in [4.69, 9.17) is 16.3 Å².